The first-order valence-electron chi connectivity index (χ1n) is 2.87. The van der Waals surface area contributed by atoms with E-state index in [9.17, 15) is 0 Å². The monoisotopic (exact) mass is 259 g/mol. The molecule has 0 aromatic carbocycles. The Morgan fingerprint density at radius 3 is 1.89 bits per heavy atom. The minimum Gasteiger partial charge on any atom is -0.311 e. The normalized spacial score (nSPS) is 10.7. The summed E-state index contributed by atoms with van der Waals surface area (Å²) in [7, 11) is 0. The van der Waals surface area contributed by atoms with Gasteiger partial charge in [-0.1, -0.05) is 15.9 Å². The highest BCUT2D eigenvalue weighted by Gasteiger charge is 2.05. The van der Waals surface area contributed by atoms with Gasteiger partial charge in [0.1, 0.15) is 0 Å². The molecular weight excluding hydrogens is 246 g/mol. The average molecular weight is 261 g/mol. The van der Waals surface area contributed by atoms with Crippen LogP contribution in [-0.2, 0) is 0 Å². The number of alkyl halides is 1. The lowest BCUT2D eigenvalue weighted by Crippen LogP contribution is -2.36. The fourth-order valence-electron chi connectivity index (χ4n) is 0.422. The van der Waals surface area contributed by atoms with Crippen LogP contribution in [0.5, 0.6) is 0 Å². The summed E-state index contributed by atoms with van der Waals surface area (Å²) in [6, 6.07) is 0. The Labute approximate surface area is 76.5 Å². The van der Waals surface area contributed by atoms with Crippen LogP contribution < -0.4 is 5.32 Å². The maximum atomic E-state index is 3.34. The predicted molar refractivity (Wildman–Crippen MR) is 51.9 cm³/mol. The minimum atomic E-state index is 0. The highest BCUT2D eigenvalue weighted by atomic mass is 79.9. The van der Waals surface area contributed by atoms with E-state index in [1.165, 1.54) is 0 Å². The first kappa shape index (κ1) is 12.6. The van der Waals surface area contributed by atoms with Crippen LogP contribution in [-0.4, -0.2) is 17.4 Å². The third-order valence-corrected chi connectivity index (χ3v) is 1.15. The number of hydrogen-bond donors (Lipinski definition) is 1. The van der Waals surface area contributed by atoms with Gasteiger partial charge in [-0.15, -0.1) is 17.0 Å². The second kappa shape index (κ2) is 5.69. The molecule has 0 aliphatic rings. The molecule has 0 unspecified atom stereocenters. The van der Waals surface area contributed by atoms with E-state index in [1.807, 2.05) is 0 Å². The van der Waals surface area contributed by atoms with Crippen molar-refractivity contribution in [1.29, 1.82) is 0 Å². The largest absolute Gasteiger partial charge is 0.311 e. The molecule has 0 fully saturated rings. The quantitative estimate of drug-likeness (QED) is 0.752. The molecule has 0 aromatic heterocycles. The van der Waals surface area contributed by atoms with E-state index in [-0.39, 0.29) is 22.5 Å². The lowest BCUT2D eigenvalue weighted by molar-refractivity contribution is 0.441. The van der Waals surface area contributed by atoms with E-state index in [0.29, 0.717) is 0 Å². The summed E-state index contributed by atoms with van der Waals surface area (Å²) in [6.45, 7) is 7.53. The van der Waals surface area contributed by atoms with Crippen LogP contribution in [0.2, 0.25) is 0 Å². The van der Waals surface area contributed by atoms with E-state index >= 15 is 0 Å². The molecule has 0 rings (SSSR count). The van der Waals surface area contributed by atoms with E-state index in [1.54, 1.807) is 0 Å². The molecule has 0 aliphatic carbocycles. The molecule has 0 bridgehead atoms. The Morgan fingerprint density at radius 1 is 1.33 bits per heavy atom. The van der Waals surface area contributed by atoms with Crippen LogP contribution >= 0.6 is 32.9 Å². The predicted octanol–water partition coefficient (Wildman–Crippen LogP) is 2.35. The molecular formula is C6H15Br2N. The molecule has 0 saturated carbocycles. The standard InChI is InChI=1S/C6H14BrN.BrH/c1-6(2,3)8-5-4-7;/h8H,4-5H2,1-3H3;1H. The van der Waals surface area contributed by atoms with Crippen LogP contribution in [0.4, 0.5) is 0 Å². The van der Waals surface area contributed by atoms with Crippen molar-refractivity contribution in [3.8, 4) is 0 Å². The molecule has 0 aromatic rings. The molecule has 0 radical (unpaired) electrons. The lowest BCUT2D eigenvalue weighted by atomic mass is 10.1. The molecule has 9 heavy (non-hydrogen) atoms. The zero-order valence-corrected chi connectivity index (χ0v) is 9.50. The second-order valence-corrected chi connectivity index (χ2v) is 3.66. The van der Waals surface area contributed by atoms with Crippen LogP contribution in [0.15, 0.2) is 0 Å². The highest BCUT2D eigenvalue weighted by molar-refractivity contribution is 9.09. The first-order chi connectivity index (χ1) is 3.56. The van der Waals surface area contributed by atoms with Crippen LogP contribution in [0.25, 0.3) is 0 Å². The molecule has 1 N–H and O–H groups in total. The summed E-state index contributed by atoms with van der Waals surface area (Å²) >= 11 is 3.34. The Bertz CT molecular complexity index is 58.6. The summed E-state index contributed by atoms with van der Waals surface area (Å²) < 4.78 is 0. The fraction of sp³-hybridized carbons (Fsp3) is 1.00. The van der Waals surface area contributed by atoms with Crippen molar-refractivity contribution in [2.45, 2.75) is 26.3 Å². The molecule has 3 heteroatoms. The van der Waals surface area contributed by atoms with Gasteiger partial charge in [0.2, 0.25) is 0 Å². The number of hydrogen-bond acceptors (Lipinski definition) is 1. The molecule has 0 amide bonds. The highest BCUT2D eigenvalue weighted by Crippen LogP contribution is 1.96. The maximum Gasteiger partial charge on any atom is 0.0157 e. The Hall–Kier alpha value is 0.920. The summed E-state index contributed by atoms with van der Waals surface area (Å²) in [5, 5.41) is 4.36. The van der Waals surface area contributed by atoms with Crippen LogP contribution in [0, 0.1) is 0 Å². The van der Waals surface area contributed by atoms with Gasteiger partial charge in [-0.2, -0.15) is 0 Å². The van der Waals surface area contributed by atoms with Gasteiger partial charge in [0.05, 0.1) is 0 Å². The Balaban J connectivity index is 0. The van der Waals surface area contributed by atoms with Crippen molar-refractivity contribution in [2.75, 3.05) is 11.9 Å². The molecule has 0 heterocycles. The molecule has 0 spiro atoms. The molecule has 0 saturated heterocycles. The Kier molecular flexibility index (Phi) is 7.95. The van der Waals surface area contributed by atoms with Gasteiger partial charge in [-0.05, 0) is 20.8 Å². The number of nitrogens with one attached hydrogen (secondary N) is 1. The van der Waals surface area contributed by atoms with Crippen molar-refractivity contribution in [3.05, 3.63) is 0 Å². The third kappa shape index (κ3) is 12.2. The summed E-state index contributed by atoms with van der Waals surface area (Å²) in [5.41, 5.74) is 0.272. The lowest BCUT2D eigenvalue weighted by Gasteiger charge is -2.19. The smallest absolute Gasteiger partial charge is 0.0157 e. The van der Waals surface area contributed by atoms with E-state index in [2.05, 4.69) is 42.0 Å². The fourth-order valence-corrected chi connectivity index (χ4v) is 0.620. The van der Waals surface area contributed by atoms with E-state index < -0.39 is 0 Å². The van der Waals surface area contributed by atoms with E-state index in [4.69, 9.17) is 0 Å². The van der Waals surface area contributed by atoms with Gasteiger partial charge in [0.25, 0.3) is 0 Å². The van der Waals surface area contributed by atoms with Gasteiger partial charge >= 0.3 is 0 Å². The van der Waals surface area contributed by atoms with Gasteiger partial charge in [-0.25, -0.2) is 0 Å². The maximum absolute atomic E-state index is 3.34. The van der Waals surface area contributed by atoms with Crippen LogP contribution in [0.1, 0.15) is 20.8 Å². The summed E-state index contributed by atoms with van der Waals surface area (Å²) in [5.74, 6) is 0. The van der Waals surface area contributed by atoms with Crippen molar-refractivity contribution in [3.63, 3.8) is 0 Å². The average Bonchev–Trinajstić information content (AvgIpc) is 1.59. The van der Waals surface area contributed by atoms with E-state index in [0.717, 1.165) is 11.9 Å². The zero-order valence-electron chi connectivity index (χ0n) is 6.20. The number of rotatable bonds is 2. The minimum absolute atomic E-state index is 0. The first-order valence-corrected chi connectivity index (χ1v) is 3.99. The van der Waals surface area contributed by atoms with Crippen molar-refractivity contribution in [1.82, 2.24) is 5.32 Å². The number of halogens is 2. The molecule has 1 nitrogen and oxygen atoms in total. The molecule has 58 valence electrons. The SMILES string of the molecule is Br.CC(C)(C)NCCBr. The van der Waals surface area contributed by atoms with Crippen molar-refractivity contribution >= 4 is 32.9 Å². The van der Waals surface area contributed by atoms with Gasteiger partial charge in [-0.3, -0.25) is 0 Å². The third-order valence-electron chi connectivity index (χ3n) is 0.750. The van der Waals surface area contributed by atoms with Gasteiger partial charge in [0, 0.05) is 17.4 Å². The van der Waals surface area contributed by atoms with Crippen LogP contribution in [0.3, 0.4) is 0 Å². The summed E-state index contributed by atoms with van der Waals surface area (Å²) in [6.07, 6.45) is 0. The molecule has 0 aliphatic heterocycles. The topological polar surface area (TPSA) is 12.0 Å². The van der Waals surface area contributed by atoms with Crippen molar-refractivity contribution < 1.29 is 0 Å². The molecule has 0 atom stereocenters. The second-order valence-electron chi connectivity index (χ2n) is 2.87. The summed E-state index contributed by atoms with van der Waals surface area (Å²) in [4.78, 5) is 0. The Morgan fingerprint density at radius 2 is 1.78 bits per heavy atom. The van der Waals surface area contributed by atoms with Gasteiger partial charge < -0.3 is 5.32 Å². The van der Waals surface area contributed by atoms with Crippen molar-refractivity contribution in [2.24, 2.45) is 0 Å². The zero-order chi connectivity index (χ0) is 6.62. The van der Waals surface area contributed by atoms with Gasteiger partial charge in [0.15, 0.2) is 0 Å².